The lowest BCUT2D eigenvalue weighted by molar-refractivity contribution is 0.634. The van der Waals surface area contributed by atoms with Crippen LogP contribution in [0, 0.1) is 5.92 Å². The third-order valence-corrected chi connectivity index (χ3v) is 4.18. The molecule has 1 saturated heterocycles. The Hall–Kier alpha value is -0.220. The quantitative estimate of drug-likeness (QED) is 0.739. The molecule has 2 nitrogen and oxygen atoms in total. The minimum Gasteiger partial charge on any atom is -0.355 e. The maximum Gasteiger partial charge on any atom is 0.129 e. The number of pyridine rings is 1. The van der Waals surface area contributed by atoms with Gasteiger partial charge in [0.05, 0.1) is 0 Å². The molecule has 1 aliphatic rings. The molecule has 1 atom stereocenters. The Bertz CT molecular complexity index is 332. The molecule has 0 bridgehead atoms. The molecule has 0 aromatic carbocycles. The molecule has 0 spiro atoms. The number of aromatic nitrogens is 1. The summed E-state index contributed by atoms with van der Waals surface area (Å²) in [6.07, 6.45) is 0. The number of hydrogen-bond acceptors (Lipinski definition) is 3. The fourth-order valence-electron chi connectivity index (χ4n) is 1.76. The van der Waals surface area contributed by atoms with Crippen LogP contribution < -0.4 is 4.90 Å². The number of rotatable bonds is 1. The van der Waals surface area contributed by atoms with Crippen molar-refractivity contribution in [2.45, 2.75) is 6.92 Å². The first kappa shape index (κ1) is 11.3. The third-order valence-electron chi connectivity index (χ3n) is 2.46. The fraction of sp³-hybridized carbons (Fsp3) is 0.545. The van der Waals surface area contributed by atoms with E-state index in [1.54, 1.807) is 0 Å². The van der Waals surface area contributed by atoms with E-state index in [2.05, 4.69) is 44.9 Å². The summed E-state index contributed by atoms with van der Waals surface area (Å²) in [5.74, 6) is 4.32. The molecule has 82 valence electrons. The number of hydrogen-bond donors (Lipinski definition) is 0. The Morgan fingerprint density at radius 2 is 2.40 bits per heavy atom. The van der Waals surface area contributed by atoms with Crippen molar-refractivity contribution in [3.05, 3.63) is 22.8 Å². The van der Waals surface area contributed by atoms with Crippen molar-refractivity contribution in [2.24, 2.45) is 5.92 Å². The summed E-state index contributed by atoms with van der Waals surface area (Å²) in [7, 11) is 0. The molecule has 0 amide bonds. The van der Waals surface area contributed by atoms with E-state index in [0.29, 0.717) is 0 Å². The largest absolute Gasteiger partial charge is 0.355 e. The molecule has 2 rings (SSSR count). The van der Waals surface area contributed by atoms with Crippen molar-refractivity contribution in [2.75, 3.05) is 29.5 Å². The van der Waals surface area contributed by atoms with Gasteiger partial charge in [0.25, 0.3) is 0 Å². The van der Waals surface area contributed by atoms with E-state index in [9.17, 15) is 0 Å². The monoisotopic (exact) mass is 286 g/mol. The van der Waals surface area contributed by atoms with Crippen molar-refractivity contribution in [3.63, 3.8) is 0 Å². The molecule has 0 radical (unpaired) electrons. The summed E-state index contributed by atoms with van der Waals surface area (Å²) in [6.45, 7) is 4.54. The van der Waals surface area contributed by atoms with Crippen LogP contribution in [0.1, 0.15) is 6.92 Å². The highest BCUT2D eigenvalue weighted by molar-refractivity contribution is 9.10. The Balaban J connectivity index is 2.14. The van der Waals surface area contributed by atoms with E-state index in [1.165, 1.54) is 11.5 Å². The van der Waals surface area contributed by atoms with Gasteiger partial charge in [-0.2, -0.15) is 11.8 Å². The van der Waals surface area contributed by atoms with E-state index >= 15 is 0 Å². The van der Waals surface area contributed by atoms with E-state index in [0.717, 1.165) is 29.4 Å². The zero-order valence-electron chi connectivity index (χ0n) is 8.82. The van der Waals surface area contributed by atoms with Crippen LogP contribution in [0.15, 0.2) is 22.8 Å². The summed E-state index contributed by atoms with van der Waals surface area (Å²) in [6, 6.07) is 6.11. The van der Waals surface area contributed by atoms with Gasteiger partial charge >= 0.3 is 0 Å². The lowest BCUT2D eigenvalue weighted by Crippen LogP contribution is -2.29. The van der Waals surface area contributed by atoms with Gasteiger partial charge in [-0.3, -0.25) is 0 Å². The Morgan fingerprint density at radius 1 is 1.53 bits per heavy atom. The van der Waals surface area contributed by atoms with Crippen molar-refractivity contribution in [1.82, 2.24) is 4.98 Å². The average Bonchev–Trinajstić information content (AvgIpc) is 2.43. The normalized spacial score (nSPS) is 22.5. The molecule has 0 saturated carbocycles. The van der Waals surface area contributed by atoms with Gasteiger partial charge in [0.2, 0.25) is 0 Å². The topological polar surface area (TPSA) is 16.1 Å². The van der Waals surface area contributed by atoms with E-state index in [4.69, 9.17) is 0 Å². The van der Waals surface area contributed by atoms with Gasteiger partial charge < -0.3 is 4.90 Å². The second-order valence-corrected chi connectivity index (χ2v) is 5.91. The Kier molecular flexibility index (Phi) is 3.92. The van der Waals surface area contributed by atoms with Crippen LogP contribution >= 0.6 is 27.7 Å². The maximum atomic E-state index is 4.51. The molecule has 15 heavy (non-hydrogen) atoms. The van der Waals surface area contributed by atoms with E-state index in [-0.39, 0.29) is 0 Å². The summed E-state index contributed by atoms with van der Waals surface area (Å²) >= 11 is 5.47. The molecule has 4 heteroatoms. The van der Waals surface area contributed by atoms with Gasteiger partial charge in [0.1, 0.15) is 10.4 Å². The lowest BCUT2D eigenvalue weighted by atomic mass is 10.2. The molecule has 1 unspecified atom stereocenters. The Labute approximate surface area is 104 Å². The van der Waals surface area contributed by atoms with Crippen LogP contribution in [-0.4, -0.2) is 29.6 Å². The molecule has 1 aromatic rings. The summed E-state index contributed by atoms with van der Waals surface area (Å²) in [5, 5.41) is 0. The number of nitrogens with zero attached hydrogens (tertiary/aromatic N) is 2. The predicted octanol–water partition coefficient (Wildman–Crippen LogP) is 3.03. The van der Waals surface area contributed by atoms with Gasteiger partial charge in [0.15, 0.2) is 0 Å². The number of anilines is 1. The first-order valence-corrected chi connectivity index (χ1v) is 7.16. The highest BCUT2D eigenvalue weighted by Crippen LogP contribution is 2.21. The molecule has 1 fully saturated rings. The van der Waals surface area contributed by atoms with Crippen molar-refractivity contribution < 1.29 is 0 Å². The minimum atomic E-state index is 0.748. The van der Waals surface area contributed by atoms with Crippen LogP contribution in [0.5, 0.6) is 0 Å². The van der Waals surface area contributed by atoms with Gasteiger partial charge in [-0.1, -0.05) is 13.0 Å². The van der Waals surface area contributed by atoms with Crippen LogP contribution in [0.3, 0.4) is 0 Å². The van der Waals surface area contributed by atoms with Crippen LogP contribution in [0.4, 0.5) is 5.82 Å². The molecule has 1 aromatic heterocycles. The number of thioether (sulfide) groups is 1. The van der Waals surface area contributed by atoms with Crippen LogP contribution in [0.25, 0.3) is 0 Å². The third kappa shape index (κ3) is 3.11. The summed E-state index contributed by atoms with van der Waals surface area (Å²) in [5.41, 5.74) is 0. The first-order valence-electron chi connectivity index (χ1n) is 5.21. The summed E-state index contributed by atoms with van der Waals surface area (Å²) < 4.78 is 0.921. The molecule has 1 aliphatic heterocycles. The number of halogens is 1. The fourth-order valence-corrected chi connectivity index (χ4v) is 3.12. The molecule has 0 aliphatic carbocycles. The van der Waals surface area contributed by atoms with Crippen molar-refractivity contribution in [1.29, 1.82) is 0 Å². The maximum absolute atomic E-state index is 4.51. The van der Waals surface area contributed by atoms with E-state index < -0.39 is 0 Å². The van der Waals surface area contributed by atoms with Crippen molar-refractivity contribution in [3.8, 4) is 0 Å². The Morgan fingerprint density at radius 3 is 3.20 bits per heavy atom. The second kappa shape index (κ2) is 5.21. The molecule has 2 heterocycles. The molecular weight excluding hydrogens is 272 g/mol. The average molecular weight is 287 g/mol. The van der Waals surface area contributed by atoms with Gasteiger partial charge in [0, 0.05) is 18.8 Å². The van der Waals surface area contributed by atoms with Gasteiger partial charge in [-0.25, -0.2) is 4.98 Å². The predicted molar refractivity (Wildman–Crippen MR) is 70.6 cm³/mol. The summed E-state index contributed by atoms with van der Waals surface area (Å²) in [4.78, 5) is 6.89. The van der Waals surface area contributed by atoms with Gasteiger partial charge in [-0.05, 0) is 39.7 Å². The highest BCUT2D eigenvalue weighted by atomic mass is 79.9. The molecular formula is C11H15BrN2S. The lowest BCUT2D eigenvalue weighted by Gasteiger charge is -2.23. The van der Waals surface area contributed by atoms with Crippen LogP contribution in [-0.2, 0) is 0 Å². The van der Waals surface area contributed by atoms with Crippen molar-refractivity contribution >= 4 is 33.5 Å². The van der Waals surface area contributed by atoms with E-state index in [1.807, 2.05) is 17.8 Å². The molecule has 0 N–H and O–H groups in total. The van der Waals surface area contributed by atoms with Gasteiger partial charge in [-0.15, -0.1) is 0 Å². The highest BCUT2D eigenvalue weighted by Gasteiger charge is 2.16. The standard InChI is InChI=1S/C11H15BrN2S/c1-9-7-14(5-6-15-8-9)11-4-2-3-10(12)13-11/h2-4,9H,5-8H2,1H3. The minimum absolute atomic E-state index is 0.748. The smallest absolute Gasteiger partial charge is 0.129 e. The SMILES string of the molecule is CC1CSCCN(c2cccc(Br)n2)C1. The second-order valence-electron chi connectivity index (χ2n) is 3.94. The first-order chi connectivity index (χ1) is 7.25. The zero-order valence-corrected chi connectivity index (χ0v) is 11.2. The van der Waals surface area contributed by atoms with Crippen LogP contribution in [0.2, 0.25) is 0 Å². The zero-order chi connectivity index (χ0) is 10.7.